The van der Waals surface area contributed by atoms with E-state index >= 15 is 0 Å². The summed E-state index contributed by atoms with van der Waals surface area (Å²) in [6.45, 7) is 0.0123. The number of ether oxygens (including phenoxy) is 2. The molecule has 0 spiro atoms. The molecule has 1 N–H and O–H groups in total. The van der Waals surface area contributed by atoms with E-state index in [4.69, 9.17) is 9.47 Å². The summed E-state index contributed by atoms with van der Waals surface area (Å²) in [6, 6.07) is 13.0. The van der Waals surface area contributed by atoms with Gasteiger partial charge in [0.2, 0.25) is 5.91 Å². The molecule has 1 heterocycles. The summed E-state index contributed by atoms with van der Waals surface area (Å²) in [5, 5.41) is 2.88. The van der Waals surface area contributed by atoms with Gasteiger partial charge in [-0.25, -0.2) is 0 Å². The average Bonchev–Trinajstić information content (AvgIpc) is 2.63. The Kier molecular flexibility index (Phi) is 4.88. The molecule has 1 aliphatic rings. The molecule has 0 radical (unpaired) electrons. The number of carbonyl (C=O) groups excluding carboxylic acids is 2. The second-order valence-electron chi connectivity index (χ2n) is 5.79. The normalized spacial score (nSPS) is 13.0. The molecule has 6 heteroatoms. The number of hydrogen-bond acceptors (Lipinski definition) is 4. The van der Waals surface area contributed by atoms with Gasteiger partial charge in [0.05, 0.1) is 12.8 Å². The van der Waals surface area contributed by atoms with Gasteiger partial charge in [0.1, 0.15) is 17.2 Å². The summed E-state index contributed by atoms with van der Waals surface area (Å²) in [4.78, 5) is 25.7. The van der Waals surface area contributed by atoms with Gasteiger partial charge in [0.15, 0.2) is 6.61 Å². The number of aryl methyl sites for hydroxylation is 1. The predicted molar refractivity (Wildman–Crippen MR) is 95.3 cm³/mol. The smallest absolute Gasteiger partial charge is 0.264 e. The Balaban J connectivity index is 1.66. The van der Waals surface area contributed by atoms with Gasteiger partial charge in [-0.05, 0) is 36.2 Å². The minimum Gasteiger partial charge on any atom is -0.497 e. The first-order valence-corrected chi connectivity index (χ1v) is 8.03. The van der Waals surface area contributed by atoms with Crippen LogP contribution >= 0.6 is 0 Å². The Morgan fingerprint density at radius 3 is 2.72 bits per heavy atom. The lowest BCUT2D eigenvalue weighted by Gasteiger charge is -2.28. The molecule has 0 bridgehead atoms. The molecular formula is C19H20N2O4. The molecule has 0 aliphatic carbocycles. The van der Waals surface area contributed by atoms with E-state index in [1.165, 1.54) is 4.90 Å². The molecule has 2 aromatic carbocycles. The van der Waals surface area contributed by atoms with Crippen LogP contribution in [0.1, 0.15) is 12.0 Å². The molecule has 0 saturated carbocycles. The van der Waals surface area contributed by atoms with Crippen molar-refractivity contribution in [1.29, 1.82) is 0 Å². The monoisotopic (exact) mass is 340 g/mol. The molecule has 0 fully saturated rings. The number of carbonyl (C=O) groups is 2. The van der Waals surface area contributed by atoms with Crippen LogP contribution in [-0.4, -0.2) is 32.6 Å². The number of anilines is 2. The van der Waals surface area contributed by atoms with Crippen LogP contribution in [0.15, 0.2) is 42.5 Å². The number of likely N-dealkylation sites (N-methyl/N-ethyl adjacent to an activating group) is 1. The lowest BCUT2D eigenvalue weighted by atomic mass is 10.1. The Morgan fingerprint density at radius 1 is 1.24 bits per heavy atom. The second-order valence-corrected chi connectivity index (χ2v) is 5.79. The zero-order chi connectivity index (χ0) is 17.8. The number of rotatable bonds is 5. The third-order valence-corrected chi connectivity index (χ3v) is 4.13. The van der Waals surface area contributed by atoms with Crippen molar-refractivity contribution in [2.24, 2.45) is 0 Å². The average molecular weight is 340 g/mol. The van der Waals surface area contributed by atoms with Crippen molar-refractivity contribution >= 4 is 23.2 Å². The van der Waals surface area contributed by atoms with Crippen LogP contribution in [0, 0.1) is 0 Å². The SMILES string of the molecule is COc1ccc(CCC(=O)Nc2cccc3c2N(C)C(=O)CO3)cc1. The molecule has 0 saturated heterocycles. The van der Waals surface area contributed by atoms with Gasteiger partial charge in [0.25, 0.3) is 5.91 Å². The number of hydrogen-bond donors (Lipinski definition) is 1. The maximum atomic E-state index is 12.3. The van der Waals surface area contributed by atoms with Crippen LogP contribution in [0.3, 0.4) is 0 Å². The molecule has 0 unspecified atom stereocenters. The lowest BCUT2D eigenvalue weighted by Crippen LogP contribution is -2.36. The van der Waals surface area contributed by atoms with Crippen molar-refractivity contribution in [3.8, 4) is 11.5 Å². The third-order valence-electron chi connectivity index (χ3n) is 4.13. The molecule has 2 amide bonds. The zero-order valence-corrected chi connectivity index (χ0v) is 14.2. The van der Waals surface area contributed by atoms with Crippen LogP contribution in [0.2, 0.25) is 0 Å². The number of nitrogens with zero attached hydrogens (tertiary/aromatic N) is 1. The molecule has 0 atom stereocenters. The standard InChI is InChI=1S/C19H20N2O4/c1-21-18(23)12-25-16-5-3-4-15(19(16)21)20-17(22)11-8-13-6-9-14(24-2)10-7-13/h3-7,9-10H,8,11-12H2,1-2H3,(H,20,22). The second kappa shape index (κ2) is 7.25. The van der Waals surface area contributed by atoms with Crippen molar-refractivity contribution < 1.29 is 19.1 Å². The van der Waals surface area contributed by atoms with E-state index in [0.29, 0.717) is 30.0 Å². The van der Waals surface area contributed by atoms with Crippen LogP contribution in [-0.2, 0) is 16.0 Å². The zero-order valence-electron chi connectivity index (χ0n) is 14.2. The van der Waals surface area contributed by atoms with E-state index < -0.39 is 0 Å². The van der Waals surface area contributed by atoms with Crippen molar-refractivity contribution in [1.82, 2.24) is 0 Å². The van der Waals surface area contributed by atoms with Crippen molar-refractivity contribution in [3.63, 3.8) is 0 Å². The van der Waals surface area contributed by atoms with Gasteiger partial charge in [-0.3, -0.25) is 9.59 Å². The van der Waals surface area contributed by atoms with E-state index in [-0.39, 0.29) is 18.4 Å². The summed E-state index contributed by atoms with van der Waals surface area (Å²) < 4.78 is 10.5. The molecule has 1 aliphatic heterocycles. The Labute approximate surface area is 146 Å². The molecule has 3 rings (SSSR count). The highest BCUT2D eigenvalue weighted by Gasteiger charge is 2.25. The Hall–Kier alpha value is -3.02. The van der Waals surface area contributed by atoms with Crippen molar-refractivity contribution in [3.05, 3.63) is 48.0 Å². The minimum atomic E-state index is -0.146. The summed E-state index contributed by atoms with van der Waals surface area (Å²) in [5.41, 5.74) is 2.23. The van der Waals surface area contributed by atoms with Gasteiger partial charge >= 0.3 is 0 Å². The number of amides is 2. The highest BCUT2D eigenvalue weighted by atomic mass is 16.5. The number of nitrogens with one attached hydrogen (secondary N) is 1. The number of fused-ring (bicyclic) bond motifs is 1. The molecule has 0 aromatic heterocycles. The topological polar surface area (TPSA) is 67.9 Å². The van der Waals surface area contributed by atoms with Gasteiger partial charge < -0.3 is 19.7 Å². The van der Waals surface area contributed by atoms with Crippen LogP contribution < -0.4 is 19.7 Å². The highest BCUT2D eigenvalue weighted by Crippen LogP contribution is 2.38. The quantitative estimate of drug-likeness (QED) is 0.908. The van der Waals surface area contributed by atoms with Crippen LogP contribution in [0.25, 0.3) is 0 Å². The van der Waals surface area contributed by atoms with E-state index in [1.54, 1.807) is 32.4 Å². The fourth-order valence-electron chi connectivity index (χ4n) is 2.71. The van der Waals surface area contributed by atoms with E-state index in [2.05, 4.69) is 5.32 Å². The van der Waals surface area contributed by atoms with Crippen molar-refractivity contribution in [2.75, 3.05) is 31.0 Å². The van der Waals surface area contributed by atoms with Crippen LogP contribution in [0.4, 0.5) is 11.4 Å². The first kappa shape index (κ1) is 16.8. The van der Waals surface area contributed by atoms with Gasteiger partial charge in [-0.2, -0.15) is 0 Å². The van der Waals surface area contributed by atoms with E-state index in [1.807, 2.05) is 24.3 Å². The minimum absolute atomic E-state index is 0.0123. The summed E-state index contributed by atoms with van der Waals surface area (Å²) in [6.07, 6.45) is 0.963. The Bertz CT molecular complexity index is 787. The highest BCUT2D eigenvalue weighted by molar-refractivity contribution is 6.04. The fraction of sp³-hybridized carbons (Fsp3) is 0.263. The number of benzene rings is 2. The van der Waals surface area contributed by atoms with Gasteiger partial charge in [-0.15, -0.1) is 0 Å². The first-order valence-electron chi connectivity index (χ1n) is 8.03. The van der Waals surface area contributed by atoms with Crippen LogP contribution in [0.5, 0.6) is 11.5 Å². The number of methoxy groups -OCH3 is 1. The molecule has 2 aromatic rings. The summed E-state index contributed by atoms with van der Waals surface area (Å²) in [5.74, 6) is 1.12. The fourth-order valence-corrected chi connectivity index (χ4v) is 2.71. The first-order chi connectivity index (χ1) is 12.1. The molecule has 25 heavy (non-hydrogen) atoms. The van der Waals surface area contributed by atoms with E-state index in [9.17, 15) is 9.59 Å². The van der Waals surface area contributed by atoms with E-state index in [0.717, 1.165) is 11.3 Å². The largest absolute Gasteiger partial charge is 0.497 e. The lowest BCUT2D eigenvalue weighted by molar-refractivity contribution is -0.121. The third kappa shape index (κ3) is 3.74. The molecule has 6 nitrogen and oxygen atoms in total. The molecule has 130 valence electrons. The number of para-hydroxylation sites is 1. The van der Waals surface area contributed by atoms with Gasteiger partial charge in [0, 0.05) is 13.5 Å². The molecular weight excluding hydrogens is 320 g/mol. The van der Waals surface area contributed by atoms with Gasteiger partial charge in [-0.1, -0.05) is 18.2 Å². The predicted octanol–water partition coefficient (Wildman–Crippen LogP) is 2.62. The Morgan fingerprint density at radius 2 is 2.00 bits per heavy atom. The maximum absolute atomic E-state index is 12.3. The summed E-state index contributed by atoms with van der Waals surface area (Å²) in [7, 11) is 3.30. The maximum Gasteiger partial charge on any atom is 0.264 e. The van der Waals surface area contributed by atoms with Crippen molar-refractivity contribution in [2.45, 2.75) is 12.8 Å². The summed E-state index contributed by atoms with van der Waals surface area (Å²) >= 11 is 0.